The lowest BCUT2D eigenvalue weighted by atomic mass is 10.1. The highest BCUT2D eigenvalue weighted by Gasteiger charge is 2.27. The monoisotopic (exact) mass is 313 g/mol. The Morgan fingerprint density at radius 3 is 2.22 bits per heavy atom. The first-order valence-corrected chi connectivity index (χ1v) is 8.39. The Hall–Kier alpha value is -1.94. The number of amides is 1. The first kappa shape index (κ1) is 17.4. The van der Waals surface area contributed by atoms with Gasteiger partial charge in [-0.2, -0.15) is 10.1 Å². The van der Waals surface area contributed by atoms with E-state index >= 15 is 0 Å². The summed E-state index contributed by atoms with van der Waals surface area (Å²) in [4.78, 5) is 12.1. The van der Waals surface area contributed by atoms with Gasteiger partial charge >= 0.3 is 0 Å². The molecular weight excluding hydrogens is 286 g/mol. The Kier molecular flexibility index (Phi) is 6.11. The molecule has 0 radical (unpaired) electrons. The van der Waals surface area contributed by atoms with Crippen molar-refractivity contribution in [2.75, 3.05) is 18.1 Å². The summed E-state index contributed by atoms with van der Waals surface area (Å²) in [5.74, 6) is -0.0479. The van der Waals surface area contributed by atoms with Crippen molar-refractivity contribution < 1.29 is 4.79 Å². The Bertz CT molecular complexity index is 616. The molecule has 2 aliphatic rings. The molecule has 1 saturated heterocycles. The van der Waals surface area contributed by atoms with Crippen LogP contribution >= 0.6 is 0 Å². The number of piperidine rings is 1. The second-order valence-corrected chi connectivity index (χ2v) is 6.08. The van der Waals surface area contributed by atoms with Gasteiger partial charge in [-0.1, -0.05) is 18.6 Å². The number of rotatable bonds is 1. The third-order valence-corrected chi connectivity index (χ3v) is 4.29. The van der Waals surface area contributed by atoms with Crippen LogP contribution in [0.3, 0.4) is 0 Å². The van der Waals surface area contributed by atoms with Gasteiger partial charge in [0.15, 0.2) is 0 Å². The summed E-state index contributed by atoms with van der Waals surface area (Å²) in [5, 5.41) is 9.05. The van der Waals surface area contributed by atoms with Gasteiger partial charge in [0.2, 0.25) is 0 Å². The van der Waals surface area contributed by atoms with Crippen molar-refractivity contribution in [1.29, 1.82) is 0 Å². The molecule has 1 fully saturated rings. The lowest BCUT2D eigenvalue weighted by Crippen LogP contribution is -2.21. The highest BCUT2D eigenvalue weighted by molar-refractivity contribution is 6.29. The minimum Gasteiger partial charge on any atom is -0.317 e. The van der Waals surface area contributed by atoms with Crippen LogP contribution in [0.25, 0.3) is 0 Å². The molecule has 1 aromatic carbocycles. The van der Waals surface area contributed by atoms with Crippen molar-refractivity contribution in [1.82, 2.24) is 5.32 Å². The first-order chi connectivity index (χ1) is 11.0. The minimum atomic E-state index is -0.0479. The fraction of sp³-hybridized carbons (Fsp3) is 0.474. The van der Waals surface area contributed by atoms with E-state index in [4.69, 9.17) is 0 Å². The van der Waals surface area contributed by atoms with Crippen molar-refractivity contribution in [3.05, 3.63) is 41.0 Å². The summed E-state index contributed by atoms with van der Waals surface area (Å²) in [5.41, 5.74) is 4.66. The first-order valence-electron chi connectivity index (χ1n) is 8.39. The highest BCUT2D eigenvalue weighted by Crippen LogP contribution is 2.25. The van der Waals surface area contributed by atoms with E-state index < -0.39 is 0 Å². The van der Waals surface area contributed by atoms with Gasteiger partial charge in [-0.25, -0.2) is 0 Å². The van der Waals surface area contributed by atoms with Crippen molar-refractivity contribution >= 4 is 17.3 Å². The van der Waals surface area contributed by atoms with Gasteiger partial charge in [-0.3, -0.25) is 4.79 Å². The maximum Gasteiger partial charge on any atom is 0.280 e. The largest absolute Gasteiger partial charge is 0.317 e. The van der Waals surface area contributed by atoms with Gasteiger partial charge in [-0.15, -0.1) is 0 Å². The van der Waals surface area contributed by atoms with Crippen molar-refractivity contribution in [3.8, 4) is 0 Å². The number of allylic oxidation sites excluding steroid dienone is 1. The van der Waals surface area contributed by atoms with E-state index in [-0.39, 0.29) is 5.91 Å². The summed E-state index contributed by atoms with van der Waals surface area (Å²) in [7, 11) is 0. The summed E-state index contributed by atoms with van der Waals surface area (Å²) in [6.45, 7) is 10.3. The molecule has 0 aliphatic carbocycles. The molecule has 1 aromatic rings. The molecule has 4 heteroatoms. The molecule has 0 bridgehead atoms. The standard InChI is InChI=1S/C14H16N2O.C5H11N/c1-5-13-11(4)15-16(14(13)17)12-7-6-9(2)10(3)8-12;1-2-4-6-5-3-1/h5-8H,1-4H3;6H,1-5H2/b13-5-;. The summed E-state index contributed by atoms with van der Waals surface area (Å²) in [6.07, 6.45) is 6.02. The van der Waals surface area contributed by atoms with Crippen LogP contribution in [-0.2, 0) is 4.79 Å². The normalized spacial score (nSPS) is 19.5. The second kappa shape index (κ2) is 8.06. The molecule has 23 heavy (non-hydrogen) atoms. The van der Waals surface area contributed by atoms with Crippen LogP contribution in [0, 0.1) is 13.8 Å². The van der Waals surface area contributed by atoms with Crippen molar-refractivity contribution in [2.45, 2.75) is 47.0 Å². The van der Waals surface area contributed by atoms with Gasteiger partial charge in [-0.05, 0) is 76.9 Å². The molecule has 124 valence electrons. The lowest BCUT2D eigenvalue weighted by molar-refractivity contribution is -0.114. The Balaban J connectivity index is 0.000000268. The average molecular weight is 313 g/mol. The molecule has 1 N–H and O–H groups in total. The van der Waals surface area contributed by atoms with E-state index in [0.29, 0.717) is 5.57 Å². The molecule has 3 rings (SSSR count). The number of hydrogen-bond acceptors (Lipinski definition) is 3. The van der Waals surface area contributed by atoms with E-state index in [1.807, 2.05) is 45.0 Å². The van der Waals surface area contributed by atoms with Crippen LogP contribution in [0.4, 0.5) is 5.69 Å². The molecule has 2 aliphatic heterocycles. The summed E-state index contributed by atoms with van der Waals surface area (Å²) in [6, 6.07) is 5.93. The molecule has 4 nitrogen and oxygen atoms in total. The second-order valence-electron chi connectivity index (χ2n) is 6.08. The maximum absolute atomic E-state index is 12.1. The molecule has 2 heterocycles. The van der Waals surface area contributed by atoms with Crippen LogP contribution in [0.15, 0.2) is 34.9 Å². The smallest absolute Gasteiger partial charge is 0.280 e. The molecule has 0 unspecified atom stereocenters. The molecule has 1 amide bonds. The zero-order valence-corrected chi connectivity index (χ0v) is 14.6. The fourth-order valence-corrected chi connectivity index (χ4v) is 2.68. The number of hydrazone groups is 1. The van der Waals surface area contributed by atoms with E-state index in [0.717, 1.165) is 17.0 Å². The quantitative estimate of drug-likeness (QED) is 0.803. The Morgan fingerprint density at radius 2 is 1.78 bits per heavy atom. The Labute approximate surface area is 139 Å². The number of nitrogens with one attached hydrogen (secondary N) is 1. The topological polar surface area (TPSA) is 44.7 Å². The van der Waals surface area contributed by atoms with E-state index in [9.17, 15) is 4.79 Å². The van der Waals surface area contributed by atoms with Crippen LogP contribution in [0.2, 0.25) is 0 Å². The predicted molar refractivity (Wildman–Crippen MR) is 97.0 cm³/mol. The fourth-order valence-electron chi connectivity index (χ4n) is 2.68. The zero-order valence-electron chi connectivity index (χ0n) is 14.6. The number of hydrogen-bond donors (Lipinski definition) is 1. The molecular formula is C19H27N3O. The van der Waals surface area contributed by atoms with Crippen molar-refractivity contribution in [2.24, 2.45) is 5.10 Å². The Morgan fingerprint density at radius 1 is 1.09 bits per heavy atom. The van der Waals surface area contributed by atoms with Crippen LogP contribution in [-0.4, -0.2) is 24.7 Å². The maximum atomic E-state index is 12.1. The van der Waals surface area contributed by atoms with Crippen LogP contribution in [0.5, 0.6) is 0 Å². The molecule has 0 saturated carbocycles. The van der Waals surface area contributed by atoms with Gasteiger partial charge in [0.1, 0.15) is 0 Å². The number of aryl methyl sites for hydroxylation is 2. The average Bonchev–Trinajstić information content (AvgIpc) is 2.86. The molecule has 0 aromatic heterocycles. The number of carbonyl (C=O) groups is 1. The summed E-state index contributed by atoms with van der Waals surface area (Å²) >= 11 is 0. The summed E-state index contributed by atoms with van der Waals surface area (Å²) < 4.78 is 0. The highest BCUT2D eigenvalue weighted by atomic mass is 16.2. The SMILES string of the molecule is C/C=C1\C(=O)N(c2ccc(C)c(C)c2)N=C1C.C1CCNCC1. The van der Waals surface area contributed by atoms with Crippen molar-refractivity contribution in [3.63, 3.8) is 0 Å². The number of carbonyl (C=O) groups excluding carboxylic acids is 1. The van der Waals surface area contributed by atoms with E-state index in [1.165, 1.54) is 42.9 Å². The van der Waals surface area contributed by atoms with Gasteiger partial charge in [0.05, 0.1) is 17.0 Å². The van der Waals surface area contributed by atoms with Crippen LogP contribution < -0.4 is 10.3 Å². The molecule has 0 atom stereocenters. The van der Waals surface area contributed by atoms with Crippen LogP contribution in [0.1, 0.15) is 44.2 Å². The van der Waals surface area contributed by atoms with E-state index in [2.05, 4.69) is 17.3 Å². The lowest BCUT2D eigenvalue weighted by Gasteiger charge is -2.13. The van der Waals surface area contributed by atoms with Gasteiger partial charge in [0, 0.05) is 0 Å². The van der Waals surface area contributed by atoms with Gasteiger partial charge < -0.3 is 5.32 Å². The number of benzene rings is 1. The number of anilines is 1. The van der Waals surface area contributed by atoms with E-state index in [1.54, 1.807) is 0 Å². The third-order valence-electron chi connectivity index (χ3n) is 4.29. The zero-order chi connectivity index (χ0) is 16.8. The predicted octanol–water partition coefficient (Wildman–Crippen LogP) is 3.73. The number of nitrogens with zero attached hydrogens (tertiary/aromatic N) is 2. The third kappa shape index (κ3) is 4.29. The van der Waals surface area contributed by atoms with Gasteiger partial charge in [0.25, 0.3) is 5.91 Å². The minimum absolute atomic E-state index is 0.0479. The molecule has 0 spiro atoms.